The van der Waals surface area contributed by atoms with Crippen molar-refractivity contribution in [3.05, 3.63) is 88.6 Å². The summed E-state index contributed by atoms with van der Waals surface area (Å²) in [7, 11) is 0. The molecule has 0 spiro atoms. The molecule has 0 aliphatic heterocycles. The van der Waals surface area contributed by atoms with Crippen LogP contribution in [0.5, 0.6) is 0 Å². The van der Waals surface area contributed by atoms with E-state index in [1.807, 2.05) is 88.4 Å². The van der Waals surface area contributed by atoms with Crippen molar-refractivity contribution in [1.82, 2.24) is 10.3 Å². The third-order valence-corrected chi connectivity index (χ3v) is 5.81. The maximum Gasteiger partial charge on any atom is 0.258 e. The largest absolute Gasteiger partial charge is 0.349 e. The number of carbonyl (C=O) groups excluding carboxylic acids is 2. The average Bonchev–Trinajstić information content (AvgIpc) is 2.72. The second-order valence-corrected chi connectivity index (χ2v) is 8.54. The lowest BCUT2D eigenvalue weighted by molar-refractivity contribution is -0.119. The Hall–Kier alpha value is -3.12. The lowest BCUT2D eigenvalue weighted by Crippen LogP contribution is -2.28. The fraction of sp³-hybridized carbons (Fsp3) is 0.240. The standard InChI is InChI=1S/C25H27N3O2S/c1-16-9-8-12-21(13-16)28-24(30)23-17(2)14-18(3)26-25(23)31-15-22(29)27-19(4)20-10-6-5-7-11-20/h5-14,19H,15H2,1-4H3,(H,27,29)(H,28,30). The first kappa shape index (κ1) is 22.6. The molecular formula is C25H27N3O2S. The minimum atomic E-state index is -0.226. The maximum absolute atomic E-state index is 13.0. The van der Waals surface area contributed by atoms with E-state index < -0.39 is 0 Å². The van der Waals surface area contributed by atoms with Gasteiger partial charge in [0.25, 0.3) is 5.91 Å². The molecule has 160 valence electrons. The Balaban J connectivity index is 1.72. The number of hydrogen-bond acceptors (Lipinski definition) is 4. The number of rotatable bonds is 7. The van der Waals surface area contributed by atoms with Crippen molar-refractivity contribution >= 4 is 29.3 Å². The zero-order valence-corrected chi connectivity index (χ0v) is 19.0. The van der Waals surface area contributed by atoms with Gasteiger partial charge in [0.1, 0.15) is 5.03 Å². The van der Waals surface area contributed by atoms with Crippen LogP contribution >= 0.6 is 11.8 Å². The molecular weight excluding hydrogens is 406 g/mol. The fourth-order valence-electron chi connectivity index (χ4n) is 3.34. The van der Waals surface area contributed by atoms with Crippen LogP contribution in [0.1, 0.15) is 45.7 Å². The van der Waals surface area contributed by atoms with Crippen molar-refractivity contribution in [3.63, 3.8) is 0 Å². The van der Waals surface area contributed by atoms with E-state index >= 15 is 0 Å². The molecule has 31 heavy (non-hydrogen) atoms. The van der Waals surface area contributed by atoms with Gasteiger partial charge in [0.2, 0.25) is 5.91 Å². The van der Waals surface area contributed by atoms with Crippen LogP contribution in [0.25, 0.3) is 0 Å². The van der Waals surface area contributed by atoms with Gasteiger partial charge in [-0.05, 0) is 62.6 Å². The molecule has 2 N–H and O–H groups in total. The summed E-state index contributed by atoms with van der Waals surface area (Å²) in [5.74, 6) is -0.152. The molecule has 3 aromatic rings. The molecule has 0 saturated heterocycles. The van der Waals surface area contributed by atoms with Crippen molar-refractivity contribution in [1.29, 1.82) is 0 Å². The van der Waals surface area contributed by atoms with Crippen LogP contribution in [0.2, 0.25) is 0 Å². The monoisotopic (exact) mass is 433 g/mol. The summed E-state index contributed by atoms with van der Waals surface area (Å²) in [4.78, 5) is 30.1. The van der Waals surface area contributed by atoms with Crippen LogP contribution in [0.3, 0.4) is 0 Å². The van der Waals surface area contributed by atoms with E-state index in [0.717, 1.165) is 28.1 Å². The lowest BCUT2D eigenvalue weighted by atomic mass is 10.1. The van der Waals surface area contributed by atoms with Gasteiger partial charge in [-0.1, -0.05) is 54.2 Å². The molecule has 0 saturated carbocycles. The average molecular weight is 434 g/mol. The second kappa shape index (κ2) is 10.3. The molecule has 2 aromatic carbocycles. The van der Waals surface area contributed by atoms with Gasteiger partial charge in [0, 0.05) is 11.4 Å². The molecule has 0 bridgehead atoms. The first-order valence-corrected chi connectivity index (χ1v) is 11.2. The van der Waals surface area contributed by atoms with Crippen molar-refractivity contribution < 1.29 is 9.59 Å². The molecule has 1 aromatic heterocycles. The van der Waals surface area contributed by atoms with E-state index in [4.69, 9.17) is 0 Å². The number of nitrogens with one attached hydrogen (secondary N) is 2. The predicted molar refractivity (Wildman–Crippen MR) is 127 cm³/mol. The maximum atomic E-state index is 13.0. The number of hydrogen-bond donors (Lipinski definition) is 2. The molecule has 0 fully saturated rings. The number of nitrogens with zero attached hydrogens (tertiary/aromatic N) is 1. The third kappa shape index (κ3) is 6.18. The molecule has 2 amide bonds. The minimum Gasteiger partial charge on any atom is -0.349 e. The molecule has 5 nitrogen and oxygen atoms in total. The summed E-state index contributed by atoms with van der Waals surface area (Å²) in [6.07, 6.45) is 0. The van der Waals surface area contributed by atoms with Gasteiger partial charge in [-0.25, -0.2) is 4.98 Å². The summed E-state index contributed by atoms with van der Waals surface area (Å²) in [5.41, 5.74) is 4.98. The number of thioether (sulfide) groups is 1. The molecule has 3 rings (SSSR count). The van der Waals surface area contributed by atoms with Gasteiger partial charge in [0.15, 0.2) is 0 Å². The highest BCUT2D eigenvalue weighted by atomic mass is 32.2. The number of aryl methyl sites for hydroxylation is 3. The molecule has 6 heteroatoms. The number of amides is 2. The molecule has 1 atom stereocenters. The Morgan fingerprint density at radius 1 is 1.00 bits per heavy atom. The van der Waals surface area contributed by atoms with Gasteiger partial charge < -0.3 is 10.6 Å². The van der Waals surface area contributed by atoms with Crippen molar-refractivity contribution in [2.24, 2.45) is 0 Å². The number of carbonyl (C=O) groups is 2. The molecule has 0 aliphatic carbocycles. The number of aromatic nitrogens is 1. The zero-order chi connectivity index (χ0) is 22.4. The Morgan fingerprint density at radius 2 is 1.74 bits per heavy atom. The quantitative estimate of drug-likeness (QED) is 0.501. The van der Waals surface area contributed by atoms with Crippen molar-refractivity contribution in [2.75, 3.05) is 11.1 Å². The van der Waals surface area contributed by atoms with Gasteiger partial charge in [-0.3, -0.25) is 9.59 Å². The van der Waals surface area contributed by atoms with E-state index in [1.54, 1.807) is 0 Å². The highest BCUT2D eigenvalue weighted by Gasteiger charge is 2.19. The smallest absolute Gasteiger partial charge is 0.258 e. The van der Waals surface area contributed by atoms with Crippen LogP contribution in [-0.2, 0) is 4.79 Å². The highest BCUT2D eigenvalue weighted by Crippen LogP contribution is 2.26. The number of anilines is 1. The summed E-state index contributed by atoms with van der Waals surface area (Å²) in [6.45, 7) is 7.71. The van der Waals surface area contributed by atoms with E-state index in [1.165, 1.54) is 11.8 Å². The van der Waals surface area contributed by atoms with E-state index in [2.05, 4.69) is 15.6 Å². The Kier molecular flexibility index (Phi) is 7.47. The highest BCUT2D eigenvalue weighted by molar-refractivity contribution is 8.00. The van der Waals surface area contributed by atoms with Crippen LogP contribution in [0.15, 0.2) is 65.7 Å². The SMILES string of the molecule is Cc1cccc(NC(=O)c2c(C)cc(C)nc2SCC(=O)NC(C)c2ccccc2)c1. The Morgan fingerprint density at radius 3 is 2.45 bits per heavy atom. The molecule has 1 unspecified atom stereocenters. The minimum absolute atomic E-state index is 0.0920. The van der Waals surface area contributed by atoms with Crippen molar-refractivity contribution in [2.45, 2.75) is 38.8 Å². The van der Waals surface area contributed by atoms with Crippen molar-refractivity contribution in [3.8, 4) is 0 Å². The van der Waals surface area contributed by atoms with E-state index in [-0.39, 0.29) is 23.6 Å². The first-order chi connectivity index (χ1) is 14.8. The lowest BCUT2D eigenvalue weighted by Gasteiger charge is -2.15. The summed E-state index contributed by atoms with van der Waals surface area (Å²) >= 11 is 1.28. The molecule has 0 aliphatic rings. The van der Waals surface area contributed by atoms with Gasteiger partial charge in [-0.2, -0.15) is 0 Å². The van der Waals surface area contributed by atoms with Crippen LogP contribution < -0.4 is 10.6 Å². The summed E-state index contributed by atoms with van der Waals surface area (Å²) < 4.78 is 0. The molecule has 1 heterocycles. The van der Waals surface area contributed by atoms with E-state index in [0.29, 0.717) is 10.6 Å². The predicted octanol–water partition coefficient (Wildman–Crippen LogP) is 5.23. The number of pyridine rings is 1. The third-order valence-electron chi connectivity index (χ3n) is 4.83. The molecule has 0 radical (unpaired) electrons. The van der Waals surface area contributed by atoms with Gasteiger partial charge in [-0.15, -0.1) is 0 Å². The van der Waals surface area contributed by atoms with E-state index in [9.17, 15) is 9.59 Å². The normalized spacial score (nSPS) is 11.6. The van der Waals surface area contributed by atoms with Gasteiger partial charge in [0.05, 0.1) is 17.4 Å². The van der Waals surface area contributed by atoms with Crippen LogP contribution in [0.4, 0.5) is 5.69 Å². The topological polar surface area (TPSA) is 71.1 Å². The number of benzene rings is 2. The Labute approximate surface area is 187 Å². The summed E-state index contributed by atoms with van der Waals surface area (Å²) in [6, 6.07) is 19.3. The fourth-order valence-corrected chi connectivity index (χ4v) is 4.30. The first-order valence-electron chi connectivity index (χ1n) is 10.2. The van der Waals surface area contributed by atoms with Gasteiger partial charge >= 0.3 is 0 Å². The van der Waals surface area contributed by atoms with Crippen LogP contribution in [0, 0.1) is 20.8 Å². The second-order valence-electron chi connectivity index (χ2n) is 7.57. The summed E-state index contributed by atoms with van der Waals surface area (Å²) in [5, 5.41) is 6.51. The Bertz CT molecular complexity index is 1080. The zero-order valence-electron chi connectivity index (χ0n) is 18.2. The van der Waals surface area contributed by atoms with Crippen LogP contribution in [-0.4, -0.2) is 22.6 Å².